The van der Waals surface area contributed by atoms with Crippen molar-refractivity contribution in [3.8, 4) is 0 Å². The van der Waals surface area contributed by atoms with Gasteiger partial charge in [-0.05, 0) is 29.5 Å². The minimum atomic E-state index is 0.000507. The van der Waals surface area contributed by atoms with Crippen molar-refractivity contribution in [3.63, 3.8) is 0 Å². The van der Waals surface area contributed by atoms with Crippen LogP contribution >= 0.6 is 11.3 Å². The Labute approximate surface area is 167 Å². The van der Waals surface area contributed by atoms with Crippen molar-refractivity contribution in [2.75, 3.05) is 26.2 Å². The number of nitrogens with zero attached hydrogens (tertiary/aromatic N) is 5. The molecule has 1 aromatic carbocycles. The van der Waals surface area contributed by atoms with Crippen LogP contribution in [0, 0.1) is 0 Å². The van der Waals surface area contributed by atoms with Crippen LogP contribution in [0.3, 0.4) is 0 Å². The molecule has 0 atom stereocenters. The Hall–Kier alpha value is -3.00. The summed E-state index contributed by atoms with van der Waals surface area (Å²) >= 11 is 1.52. The van der Waals surface area contributed by atoms with Gasteiger partial charge in [-0.1, -0.05) is 18.2 Å². The van der Waals surface area contributed by atoms with Crippen LogP contribution in [-0.2, 0) is 6.54 Å². The van der Waals surface area contributed by atoms with Crippen LogP contribution in [-0.4, -0.2) is 62.6 Å². The minimum Gasteiger partial charge on any atom is -0.337 e. The first-order valence-corrected chi connectivity index (χ1v) is 10.2. The fourth-order valence-electron chi connectivity index (χ4n) is 3.42. The zero-order valence-corrected chi connectivity index (χ0v) is 16.2. The highest BCUT2D eigenvalue weighted by atomic mass is 32.1. The van der Waals surface area contributed by atoms with Crippen LogP contribution in [0.15, 0.2) is 53.7 Å². The summed E-state index contributed by atoms with van der Waals surface area (Å²) in [6.07, 6.45) is 3.90. The number of rotatable bonds is 4. The van der Waals surface area contributed by atoms with Crippen molar-refractivity contribution in [3.05, 3.63) is 70.4 Å². The summed E-state index contributed by atoms with van der Waals surface area (Å²) in [5.74, 6) is 0.0441. The number of benzene rings is 1. The van der Waals surface area contributed by atoms with Crippen LogP contribution in [0.25, 0.3) is 0 Å². The van der Waals surface area contributed by atoms with Gasteiger partial charge >= 0.3 is 0 Å². The lowest BCUT2D eigenvalue weighted by molar-refractivity contribution is 0.0718. The fourth-order valence-corrected chi connectivity index (χ4v) is 4.05. The Balaban J connectivity index is 1.46. The molecule has 4 rings (SSSR count). The molecule has 2 amide bonds. The molecule has 1 saturated heterocycles. The molecule has 1 aliphatic heterocycles. The van der Waals surface area contributed by atoms with E-state index in [0.29, 0.717) is 38.3 Å². The van der Waals surface area contributed by atoms with Gasteiger partial charge in [-0.2, -0.15) is 16.4 Å². The molecule has 7 nitrogen and oxygen atoms in total. The highest BCUT2D eigenvalue weighted by Crippen LogP contribution is 2.16. The molecule has 0 radical (unpaired) electrons. The molecule has 8 heteroatoms. The van der Waals surface area contributed by atoms with E-state index in [0.717, 1.165) is 17.5 Å². The Morgan fingerprint density at radius 3 is 2.50 bits per heavy atom. The first kappa shape index (κ1) is 18.4. The van der Waals surface area contributed by atoms with E-state index in [9.17, 15) is 9.59 Å². The molecule has 0 N–H and O–H groups in total. The molecule has 1 fully saturated rings. The Morgan fingerprint density at radius 2 is 1.79 bits per heavy atom. The molecule has 0 bridgehead atoms. The molecule has 144 valence electrons. The van der Waals surface area contributed by atoms with E-state index in [2.05, 4.69) is 10.1 Å². The van der Waals surface area contributed by atoms with Crippen molar-refractivity contribution in [1.82, 2.24) is 24.6 Å². The van der Waals surface area contributed by atoms with Crippen molar-refractivity contribution in [1.29, 1.82) is 0 Å². The summed E-state index contributed by atoms with van der Waals surface area (Å²) < 4.78 is 1.70. The topological polar surface area (TPSA) is 71.3 Å². The minimum absolute atomic E-state index is 0.000507. The molecule has 3 aromatic rings. The van der Waals surface area contributed by atoms with Gasteiger partial charge in [0.05, 0.1) is 12.1 Å². The van der Waals surface area contributed by atoms with E-state index in [1.807, 2.05) is 50.9 Å². The largest absolute Gasteiger partial charge is 0.337 e. The van der Waals surface area contributed by atoms with Gasteiger partial charge in [0.2, 0.25) is 0 Å². The third-order valence-electron chi connectivity index (χ3n) is 4.89. The summed E-state index contributed by atoms with van der Waals surface area (Å²) in [5, 5.41) is 7.91. The van der Waals surface area contributed by atoms with Crippen LogP contribution in [0.4, 0.5) is 0 Å². The number of amides is 2. The second-order valence-corrected chi connectivity index (χ2v) is 7.48. The maximum Gasteiger partial charge on any atom is 0.254 e. The Morgan fingerprint density at radius 1 is 1.00 bits per heavy atom. The average Bonchev–Trinajstić information content (AvgIpc) is 3.38. The first-order chi connectivity index (χ1) is 13.7. The maximum atomic E-state index is 13.2. The second-order valence-electron chi connectivity index (χ2n) is 6.70. The van der Waals surface area contributed by atoms with E-state index in [-0.39, 0.29) is 11.8 Å². The summed E-state index contributed by atoms with van der Waals surface area (Å²) in [5.41, 5.74) is 2.31. The Kier molecular flexibility index (Phi) is 5.48. The lowest BCUT2D eigenvalue weighted by Crippen LogP contribution is -2.37. The maximum absolute atomic E-state index is 13.2. The average molecular weight is 395 g/mol. The molecule has 3 heterocycles. The first-order valence-electron chi connectivity index (χ1n) is 9.23. The lowest BCUT2D eigenvalue weighted by atomic mass is 10.1. The van der Waals surface area contributed by atoms with E-state index in [1.54, 1.807) is 11.0 Å². The van der Waals surface area contributed by atoms with Gasteiger partial charge in [-0.3, -0.25) is 9.59 Å². The van der Waals surface area contributed by atoms with Gasteiger partial charge < -0.3 is 9.80 Å². The lowest BCUT2D eigenvalue weighted by Gasteiger charge is -2.23. The zero-order valence-electron chi connectivity index (χ0n) is 15.4. The van der Waals surface area contributed by atoms with Gasteiger partial charge in [0, 0.05) is 37.1 Å². The van der Waals surface area contributed by atoms with E-state index in [1.165, 1.54) is 17.7 Å². The van der Waals surface area contributed by atoms with Crippen LogP contribution in [0.5, 0.6) is 0 Å². The molecule has 0 aliphatic carbocycles. The number of hydrogen-bond donors (Lipinski definition) is 0. The number of thiophene rings is 1. The summed E-state index contributed by atoms with van der Waals surface area (Å²) in [6.45, 7) is 2.89. The molecular formula is C20H21N5O2S. The Bertz CT molecular complexity index is 939. The molecule has 1 aliphatic rings. The summed E-state index contributed by atoms with van der Waals surface area (Å²) in [6, 6.07) is 9.45. The third kappa shape index (κ3) is 3.96. The highest BCUT2D eigenvalue weighted by Gasteiger charge is 2.24. The van der Waals surface area contributed by atoms with Crippen LogP contribution < -0.4 is 0 Å². The van der Waals surface area contributed by atoms with Crippen molar-refractivity contribution in [2.45, 2.75) is 13.0 Å². The number of carbonyl (C=O) groups excluding carboxylic acids is 2. The van der Waals surface area contributed by atoms with E-state index in [4.69, 9.17) is 0 Å². The van der Waals surface area contributed by atoms with E-state index >= 15 is 0 Å². The molecule has 2 aromatic heterocycles. The van der Waals surface area contributed by atoms with Crippen molar-refractivity contribution < 1.29 is 9.59 Å². The molecule has 0 spiro atoms. The number of hydrogen-bond acceptors (Lipinski definition) is 5. The molecular weight excluding hydrogens is 374 g/mol. The van der Waals surface area contributed by atoms with Crippen molar-refractivity contribution >= 4 is 23.2 Å². The third-order valence-corrected chi connectivity index (χ3v) is 5.57. The smallest absolute Gasteiger partial charge is 0.254 e. The molecule has 28 heavy (non-hydrogen) atoms. The zero-order chi connectivity index (χ0) is 19.3. The summed E-state index contributed by atoms with van der Waals surface area (Å²) in [7, 11) is 0. The predicted octanol–water partition coefficient (Wildman–Crippen LogP) is 2.38. The SMILES string of the molecule is O=C(c1ccsc1)N1CCCN(C(=O)c2ccccc2Cn2cncn2)CC1. The second kappa shape index (κ2) is 8.35. The van der Waals surface area contributed by atoms with Gasteiger partial charge in [0.15, 0.2) is 0 Å². The van der Waals surface area contributed by atoms with Gasteiger partial charge in [0.25, 0.3) is 11.8 Å². The fraction of sp³-hybridized carbons (Fsp3) is 0.300. The molecule has 0 saturated carbocycles. The van der Waals surface area contributed by atoms with Crippen LogP contribution in [0.1, 0.15) is 32.7 Å². The number of carbonyl (C=O) groups is 2. The molecule has 0 unspecified atom stereocenters. The predicted molar refractivity (Wildman–Crippen MR) is 106 cm³/mol. The van der Waals surface area contributed by atoms with Crippen LogP contribution in [0.2, 0.25) is 0 Å². The standard InChI is InChI=1S/C20H21N5O2S/c26-19(17-6-11-28-13-17)23-7-3-8-24(10-9-23)20(27)18-5-2-1-4-16(18)12-25-15-21-14-22-25/h1-2,4-6,11,13-15H,3,7-10,12H2. The monoisotopic (exact) mass is 395 g/mol. The quantitative estimate of drug-likeness (QED) is 0.680. The van der Waals surface area contributed by atoms with Gasteiger partial charge in [-0.25, -0.2) is 9.67 Å². The summed E-state index contributed by atoms with van der Waals surface area (Å²) in [4.78, 5) is 33.4. The van der Waals surface area contributed by atoms with E-state index < -0.39 is 0 Å². The normalized spacial score (nSPS) is 14.7. The number of aromatic nitrogens is 3. The van der Waals surface area contributed by atoms with Gasteiger partial charge in [-0.15, -0.1) is 0 Å². The highest BCUT2D eigenvalue weighted by molar-refractivity contribution is 7.08. The van der Waals surface area contributed by atoms with Crippen molar-refractivity contribution in [2.24, 2.45) is 0 Å². The van der Waals surface area contributed by atoms with Gasteiger partial charge in [0.1, 0.15) is 12.7 Å².